The Morgan fingerprint density at radius 3 is 2.12 bits per heavy atom. The molecule has 1 heterocycles. The van der Waals surface area contributed by atoms with Crippen molar-refractivity contribution in [3.8, 4) is 11.3 Å². The topological polar surface area (TPSA) is 93.6 Å². The van der Waals surface area contributed by atoms with Crippen LogP contribution in [0.4, 0.5) is 5.69 Å². The van der Waals surface area contributed by atoms with Crippen LogP contribution in [-0.2, 0) is 24.2 Å². The van der Waals surface area contributed by atoms with E-state index in [9.17, 15) is 18.0 Å². The van der Waals surface area contributed by atoms with Crippen LogP contribution >= 0.6 is 0 Å². The molecule has 0 saturated heterocycles. The molecule has 34 heavy (non-hydrogen) atoms. The van der Waals surface area contributed by atoms with Crippen LogP contribution in [0.5, 0.6) is 0 Å². The van der Waals surface area contributed by atoms with Gasteiger partial charge in [-0.15, -0.1) is 0 Å². The van der Waals surface area contributed by atoms with Gasteiger partial charge in [-0.2, -0.15) is 0 Å². The molecule has 0 aliphatic rings. The summed E-state index contributed by atoms with van der Waals surface area (Å²) in [5, 5.41) is 0.416. The predicted octanol–water partition coefficient (Wildman–Crippen LogP) is 4.18. The van der Waals surface area contributed by atoms with Crippen LogP contribution in [0, 0.1) is 0 Å². The second-order valence-corrected chi connectivity index (χ2v) is 9.60. The van der Waals surface area contributed by atoms with E-state index in [1.807, 2.05) is 6.07 Å². The number of hydrogen-bond donors (Lipinski definition) is 0. The third kappa shape index (κ3) is 4.27. The molecular formula is C26H22N2O5S. The number of aromatic nitrogens is 1. The second-order valence-electron chi connectivity index (χ2n) is 7.64. The standard InChI is InChI=1S/C26H22N2O5S/c1-33-26(30)23(19-13-7-4-8-14-19)28(17-29)24-20-15-9-10-16-21(20)27-22(25(24)34(2,31)32)18-11-5-3-6-12-18/h3-17,23H,1-2H3. The number of sulfone groups is 1. The van der Waals surface area contributed by atoms with Gasteiger partial charge in [-0.3, -0.25) is 9.69 Å². The number of carbonyl (C=O) groups is 2. The summed E-state index contributed by atoms with van der Waals surface area (Å²) in [4.78, 5) is 31.2. The molecule has 8 heteroatoms. The van der Waals surface area contributed by atoms with Crippen molar-refractivity contribution >= 4 is 38.8 Å². The van der Waals surface area contributed by atoms with Crippen LogP contribution in [0.2, 0.25) is 0 Å². The number of hydrogen-bond acceptors (Lipinski definition) is 6. The number of rotatable bonds is 7. The van der Waals surface area contributed by atoms with Crippen LogP contribution in [0.3, 0.4) is 0 Å². The molecule has 0 bridgehead atoms. The van der Waals surface area contributed by atoms with Crippen molar-refractivity contribution in [3.63, 3.8) is 0 Å². The van der Waals surface area contributed by atoms with E-state index in [1.54, 1.807) is 78.9 Å². The molecular weight excluding hydrogens is 452 g/mol. The molecule has 1 atom stereocenters. The fourth-order valence-corrected chi connectivity index (χ4v) is 5.06. The maximum Gasteiger partial charge on any atom is 0.333 e. The molecule has 4 aromatic rings. The molecule has 1 amide bonds. The van der Waals surface area contributed by atoms with Gasteiger partial charge in [0, 0.05) is 17.2 Å². The quantitative estimate of drug-likeness (QED) is 0.295. The minimum absolute atomic E-state index is 0.0706. The highest BCUT2D eigenvalue weighted by Gasteiger charge is 2.35. The number of esters is 1. The van der Waals surface area contributed by atoms with Crippen molar-refractivity contribution in [1.82, 2.24) is 4.98 Å². The van der Waals surface area contributed by atoms with E-state index >= 15 is 0 Å². The van der Waals surface area contributed by atoms with E-state index in [-0.39, 0.29) is 16.3 Å². The molecule has 1 unspecified atom stereocenters. The smallest absolute Gasteiger partial charge is 0.333 e. The summed E-state index contributed by atoms with van der Waals surface area (Å²) in [5.74, 6) is -0.708. The molecule has 0 aliphatic carbocycles. The SMILES string of the molecule is COC(=O)C(c1ccccc1)N(C=O)c1c(S(C)(=O)=O)c(-c2ccccc2)nc2ccccc12. The number of nitrogens with zero attached hydrogens (tertiary/aromatic N) is 2. The number of para-hydroxylation sites is 1. The Balaban J connectivity index is 2.15. The Morgan fingerprint density at radius 1 is 0.941 bits per heavy atom. The Kier molecular flexibility index (Phi) is 6.43. The first-order chi connectivity index (χ1) is 16.4. The van der Waals surface area contributed by atoms with Gasteiger partial charge < -0.3 is 4.74 Å². The zero-order chi connectivity index (χ0) is 24.3. The minimum atomic E-state index is -3.92. The lowest BCUT2D eigenvalue weighted by Gasteiger charge is -2.30. The molecule has 0 saturated carbocycles. The third-order valence-electron chi connectivity index (χ3n) is 5.43. The maximum absolute atomic E-state index is 13.2. The fourth-order valence-electron chi connectivity index (χ4n) is 3.98. The van der Waals surface area contributed by atoms with Crippen molar-refractivity contribution < 1.29 is 22.7 Å². The lowest BCUT2D eigenvalue weighted by molar-refractivity contribution is -0.143. The Bertz CT molecular complexity index is 1460. The number of ether oxygens (including phenoxy) is 1. The van der Waals surface area contributed by atoms with E-state index in [0.29, 0.717) is 28.4 Å². The fraction of sp³-hybridized carbons (Fsp3) is 0.115. The first-order valence-corrected chi connectivity index (χ1v) is 12.3. The number of benzene rings is 3. The number of pyridine rings is 1. The van der Waals surface area contributed by atoms with Crippen molar-refractivity contribution in [2.24, 2.45) is 0 Å². The average molecular weight is 475 g/mol. The first-order valence-electron chi connectivity index (χ1n) is 10.4. The maximum atomic E-state index is 13.2. The van der Waals surface area contributed by atoms with Gasteiger partial charge in [0.2, 0.25) is 6.41 Å². The molecule has 0 fully saturated rings. The van der Waals surface area contributed by atoms with E-state index in [1.165, 1.54) is 7.11 Å². The summed E-state index contributed by atoms with van der Waals surface area (Å²) in [6, 6.07) is 23.1. The van der Waals surface area contributed by atoms with Gasteiger partial charge >= 0.3 is 5.97 Å². The first kappa shape index (κ1) is 23.1. The van der Waals surface area contributed by atoms with Crippen molar-refractivity contribution in [1.29, 1.82) is 0 Å². The van der Waals surface area contributed by atoms with Crippen LogP contribution in [0.25, 0.3) is 22.2 Å². The van der Waals surface area contributed by atoms with Gasteiger partial charge in [0.1, 0.15) is 4.90 Å². The molecule has 7 nitrogen and oxygen atoms in total. The summed E-state index contributed by atoms with van der Waals surface area (Å²) in [6.45, 7) is 0. The predicted molar refractivity (Wildman–Crippen MR) is 130 cm³/mol. The van der Waals surface area contributed by atoms with E-state index in [4.69, 9.17) is 4.74 Å². The van der Waals surface area contributed by atoms with Gasteiger partial charge in [0.25, 0.3) is 0 Å². The molecule has 0 radical (unpaired) electrons. The van der Waals surface area contributed by atoms with Crippen LogP contribution in [-0.4, -0.2) is 39.1 Å². The number of carbonyl (C=O) groups excluding carboxylic acids is 2. The Labute approximate surface area is 197 Å². The van der Waals surface area contributed by atoms with E-state index in [0.717, 1.165) is 11.2 Å². The summed E-state index contributed by atoms with van der Waals surface area (Å²) < 4.78 is 31.4. The molecule has 0 N–H and O–H groups in total. The largest absolute Gasteiger partial charge is 0.467 e. The molecule has 3 aromatic carbocycles. The van der Waals surface area contributed by atoms with Crippen molar-refractivity contribution in [2.45, 2.75) is 10.9 Å². The van der Waals surface area contributed by atoms with Gasteiger partial charge in [-0.05, 0) is 11.6 Å². The van der Waals surface area contributed by atoms with Gasteiger partial charge in [0.15, 0.2) is 15.9 Å². The number of anilines is 1. The highest BCUT2D eigenvalue weighted by Crippen LogP contribution is 2.42. The molecule has 172 valence electrons. The molecule has 1 aromatic heterocycles. The van der Waals surface area contributed by atoms with Gasteiger partial charge in [-0.25, -0.2) is 18.2 Å². The van der Waals surface area contributed by atoms with Crippen LogP contribution < -0.4 is 4.90 Å². The normalized spacial score (nSPS) is 12.2. The second kappa shape index (κ2) is 9.44. The zero-order valence-corrected chi connectivity index (χ0v) is 19.4. The summed E-state index contributed by atoms with van der Waals surface area (Å²) in [5.41, 5.74) is 1.78. The number of amides is 1. The molecule has 4 rings (SSSR count). The average Bonchev–Trinajstić information content (AvgIpc) is 2.86. The summed E-state index contributed by atoms with van der Waals surface area (Å²) >= 11 is 0. The Morgan fingerprint density at radius 2 is 1.53 bits per heavy atom. The minimum Gasteiger partial charge on any atom is -0.467 e. The highest BCUT2D eigenvalue weighted by molar-refractivity contribution is 7.91. The van der Waals surface area contributed by atoms with E-state index < -0.39 is 21.8 Å². The van der Waals surface area contributed by atoms with Gasteiger partial charge in [0.05, 0.1) is 24.0 Å². The number of fused-ring (bicyclic) bond motifs is 1. The summed E-state index contributed by atoms with van der Waals surface area (Å²) in [7, 11) is -2.70. The summed E-state index contributed by atoms with van der Waals surface area (Å²) in [6.07, 6.45) is 1.52. The Hall–Kier alpha value is -4.04. The third-order valence-corrected chi connectivity index (χ3v) is 6.56. The lowest BCUT2D eigenvalue weighted by atomic mass is 10.0. The van der Waals surface area contributed by atoms with Crippen LogP contribution in [0.15, 0.2) is 89.8 Å². The highest BCUT2D eigenvalue weighted by atomic mass is 32.2. The number of methoxy groups -OCH3 is 1. The van der Waals surface area contributed by atoms with Gasteiger partial charge in [-0.1, -0.05) is 78.9 Å². The molecule has 0 spiro atoms. The van der Waals surface area contributed by atoms with Crippen molar-refractivity contribution in [3.05, 3.63) is 90.5 Å². The zero-order valence-electron chi connectivity index (χ0n) is 18.6. The molecule has 0 aliphatic heterocycles. The monoisotopic (exact) mass is 474 g/mol. The van der Waals surface area contributed by atoms with E-state index in [2.05, 4.69) is 4.98 Å². The lowest BCUT2D eigenvalue weighted by Crippen LogP contribution is -2.35. The van der Waals surface area contributed by atoms with Crippen molar-refractivity contribution in [2.75, 3.05) is 18.3 Å². The van der Waals surface area contributed by atoms with Crippen LogP contribution in [0.1, 0.15) is 11.6 Å².